The maximum atomic E-state index is 5.57. The van der Waals surface area contributed by atoms with E-state index in [1.807, 2.05) is 17.6 Å². The van der Waals surface area contributed by atoms with Crippen molar-refractivity contribution >= 4 is 21.6 Å². The maximum Gasteiger partial charge on any atom is 0.146 e. The third-order valence-electron chi connectivity index (χ3n) is 1.79. The summed E-state index contributed by atoms with van der Waals surface area (Å²) >= 11 is 1.64. The first-order valence-corrected chi connectivity index (χ1v) is 5.25. The number of fused-ring (bicyclic) bond motifs is 1. The average Bonchev–Trinajstić information content (AvgIpc) is 2.62. The van der Waals surface area contributed by atoms with Crippen LogP contribution in [0.3, 0.4) is 0 Å². The molecule has 0 aliphatic rings. The van der Waals surface area contributed by atoms with E-state index in [9.17, 15) is 0 Å². The number of hydrogen-bond acceptors (Lipinski definition) is 3. The van der Waals surface area contributed by atoms with E-state index in [-0.39, 0.29) is 0 Å². The van der Waals surface area contributed by atoms with Crippen LogP contribution in [0.25, 0.3) is 10.2 Å². The summed E-state index contributed by atoms with van der Waals surface area (Å²) in [7, 11) is 0. The van der Waals surface area contributed by atoms with Gasteiger partial charge in [0, 0.05) is 0 Å². The van der Waals surface area contributed by atoms with Crippen molar-refractivity contribution in [1.82, 2.24) is 4.98 Å². The Morgan fingerprint density at radius 1 is 1.46 bits per heavy atom. The highest BCUT2D eigenvalue weighted by Crippen LogP contribution is 2.26. The fourth-order valence-electron chi connectivity index (χ4n) is 1.19. The second-order valence-corrected chi connectivity index (χ2v) is 3.69. The van der Waals surface area contributed by atoms with E-state index in [4.69, 9.17) is 4.74 Å². The number of ether oxygens (including phenoxy) is 1. The number of nitrogens with zero attached hydrogens (tertiary/aromatic N) is 1. The van der Waals surface area contributed by atoms with Gasteiger partial charge < -0.3 is 4.74 Å². The molecule has 0 unspecified atom stereocenters. The van der Waals surface area contributed by atoms with Crippen LogP contribution in [0.5, 0.6) is 5.75 Å². The molecule has 2 rings (SSSR count). The van der Waals surface area contributed by atoms with Gasteiger partial charge in [-0.2, -0.15) is 0 Å². The first-order valence-electron chi connectivity index (χ1n) is 4.37. The Labute approximate surface area is 81.2 Å². The molecule has 1 heterocycles. The molecule has 1 aromatic carbocycles. The summed E-state index contributed by atoms with van der Waals surface area (Å²) < 4.78 is 6.76. The molecule has 0 saturated heterocycles. The van der Waals surface area contributed by atoms with Crippen molar-refractivity contribution in [2.75, 3.05) is 6.61 Å². The van der Waals surface area contributed by atoms with Crippen molar-refractivity contribution in [3.05, 3.63) is 23.7 Å². The fraction of sp³-hybridized carbons (Fsp3) is 0.300. The molecular weight excluding hydrogens is 182 g/mol. The molecule has 0 amide bonds. The molecule has 0 spiro atoms. The average molecular weight is 193 g/mol. The smallest absolute Gasteiger partial charge is 0.146 e. The highest BCUT2D eigenvalue weighted by Gasteiger charge is 2.02. The molecule has 0 aliphatic heterocycles. The van der Waals surface area contributed by atoms with Crippen LogP contribution in [0.15, 0.2) is 23.7 Å². The quantitative estimate of drug-likeness (QED) is 0.747. The zero-order valence-electron chi connectivity index (χ0n) is 7.49. The van der Waals surface area contributed by atoms with Gasteiger partial charge in [0.15, 0.2) is 0 Å². The molecular formula is C10H11NOS. The molecule has 0 atom stereocenters. The van der Waals surface area contributed by atoms with Crippen LogP contribution < -0.4 is 4.74 Å². The summed E-state index contributed by atoms with van der Waals surface area (Å²) in [6, 6.07) is 6.04. The molecule has 0 bridgehead atoms. The van der Waals surface area contributed by atoms with Gasteiger partial charge in [-0.25, -0.2) is 4.98 Å². The molecule has 0 N–H and O–H groups in total. The van der Waals surface area contributed by atoms with Crippen molar-refractivity contribution in [2.45, 2.75) is 13.3 Å². The molecule has 68 valence electrons. The number of para-hydroxylation sites is 1. The number of thiazole rings is 1. The van der Waals surface area contributed by atoms with Gasteiger partial charge in [0.25, 0.3) is 0 Å². The topological polar surface area (TPSA) is 22.1 Å². The van der Waals surface area contributed by atoms with Gasteiger partial charge in [0.05, 0.1) is 16.8 Å². The largest absolute Gasteiger partial charge is 0.491 e. The van der Waals surface area contributed by atoms with Crippen molar-refractivity contribution in [3.8, 4) is 5.75 Å². The predicted molar refractivity (Wildman–Crippen MR) is 55.4 cm³/mol. The molecule has 2 aromatic rings. The van der Waals surface area contributed by atoms with Crippen LogP contribution in [0.4, 0.5) is 0 Å². The second kappa shape index (κ2) is 3.75. The summed E-state index contributed by atoms with van der Waals surface area (Å²) in [5.41, 5.74) is 2.84. The lowest BCUT2D eigenvalue weighted by atomic mass is 10.3. The highest BCUT2D eigenvalue weighted by atomic mass is 32.1. The minimum absolute atomic E-state index is 0.761. The molecule has 3 heteroatoms. The molecule has 0 aliphatic carbocycles. The van der Waals surface area contributed by atoms with E-state index < -0.39 is 0 Å². The van der Waals surface area contributed by atoms with Crippen LogP contribution in [-0.2, 0) is 0 Å². The van der Waals surface area contributed by atoms with E-state index in [0.29, 0.717) is 0 Å². The van der Waals surface area contributed by atoms with Crippen LogP contribution in [-0.4, -0.2) is 11.6 Å². The minimum atomic E-state index is 0.761. The second-order valence-electron chi connectivity index (χ2n) is 2.80. The van der Waals surface area contributed by atoms with E-state index >= 15 is 0 Å². The normalized spacial score (nSPS) is 10.5. The lowest BCUT2D eigenvalue weighted by molar-refractivity contribution is 0.320. The maximum absolute atomic E-state index is 5.57. The van der Waals surface area contributed by atoms with Crippen LogP contribution in [0.2, 0.25) is 0 Å². The van der Waals surface area contributed by atoms with Gasteiger partial charge in [-0.05, 0) is 18.6 Å². The van der Waals surface area contributed by atoms with E-state index in [0.717, 1.165) is 24.3 Å². The molecule has 0 saturated carbocycles. The summed E-state index contributed by atoms with van der Waals surface area (Å²) in [5.74, 6) is 0.903. The predicted octanol–water partition coefficient (Wildman–Crippen LogP) is 3.09. The minimum Gasteiger partial charge on any atom is -0.491 e. The van der Waals surface area contributed by atoms with Gasteiger partial charge in [0.2, 0.25) is 0 Å². The molecule has 0 fully saturated rings. The van der Waals surface area contributed by atoms with Crippen LogP contribution in [0, 0.1) is 0 Å². The standard InChI is InChI=1S/C10H11NOS/c1-2-6-12-8-4-3-5-9-10(8)11-7-13-9/h3-5,7H,2,6H2,1H3. The van der Waals surface area contributed by atoms with Crippen molar-refractivity contribution < 1.29 is 4.74 Å². The van der Waals surface area contributed by atoms with Crippen LogP contribution >= 0.6 is 11.3 Å². The lowest BCUT2D eigenvalue weighted by Gasteiger charge is -2.03. The monoisotopic (exact) mass is 193 g/mol. The van der Waals surface area contributed by atoms with Crippen LogP contribution in [0.1, 0.15) is 13.3 Å². The Bertz CT molecular complexity index is 396. The summed E-state index contributed by atoms with van der Waals surface area (Å²) in [5, 5.41) is 0. The number of rotatable bonds is 3. The Morgan fingerprint density at radius 2 is 2.38 bits per heavy atom. The van der Waals surface area contributed by atoms with Gasteiger partial charge in [-0.1, -0.05) is 13.0 Å². The summed E-state index contributed by atoms with van der Waals surface area (Å²) in [6.07, 6.45) is 1.03. The number of aromatic nitrogens is 1. The molecule has 2 nitrogen and oxygen atoms in total. The van der Waals surface area contributed by atoms with E-state index in [1.54, 1.807) is 11.3 Å². The van der Waals surface area contributed by atoms with Gasteiger partial charge in [0.1, 0.15) is 11.3 Å². The van der Waals surface area contributed by atoms with E-state index in [2.05, 4.69) is 18.0 Å². The first-order chi connectivity index (χ1) is 6.42. The number of benzene rings is 1. The van der Waals surface area contributed by atoms with Gasteiger partial charge >= 0.3 is 0 Å². The molecule has 1 aromatic heterocycles. The molecule has 0 radical (unpaired) electrons. The summed E-state index contributed by atoms with van der Waals surface area (Å²) in [4.78, 5) is 4.27. The fourth-order valence-corrected chi connectivity index (χ4v) is 1.88. The first kappa shape index (κ1) is 8.51. The Hall–Kier alpha value is -1.09. The zero-order chi connectivity index (χ0) is 9.10. The number of hydrogen-bond donors (Lipinski definition) is 0. The van der Waals surface area contributed by atoms with Gasteiger partial charge in [-0.15, -0.1) is 11.3 Å². The van der Waals surface area contributed by atoms with Crippen molar-refractivity contribution in [3.63, 3.8) is 0 Å². The SMILES string of the molecule is CCCOc1cccc2scnc12. The Balaban J connectivity index is 2.37. The third-order valence-corrected chi connectivity index (χ3v) is 2.58. The van der Waals surface area contributed by atoms with Crippen molar-refractivity contribution in [1.29, 1.82) is 0 Å². The molecule has 13 heavy (non-hydrogen) atoms. The highest BCUT2D eigenvalue weighted by molar-refractivity contribution is 7.16. The summed E-state index contributed by atoms with van der Waals surface area (Å²) in [6.45, 7) is 2.86. The van der Waals surface area contributed by atoms with Crippen molar-refractivity contribution in [2.24, 2.45) is 0 Å². The third kappa shape index (κ3) is 1.65. The Kier molecular flexibility index (Phi) is 2.45. The Morgan fingerprint density at radius 3 is 3.23 bits per heavy atom. The van der Waals surface area contributed by atoms with E-state index in [1.165, 1.54) is 4.70 Å². The lowest BCUT2D eigenvalue weighted by Crippen LogP contribution is -1.95. The van der Waals surface area contributed by atoms with Gasteiger partial charge in [-0.3, -0.25) is 0 Å². The zero-order valence-corrected chi connectivity index (χ0v) is 8.30.